The first-order valence-electron chi connectivity index (χ1n) is 6.64. The Labute approximate surface area is 127 Å². The Kier molecular flexibility index (Phi) is 3.57. The summed E-state index contributed by atoms with van der Waals surface area (Å²) in [5.41, 5.74) is 13.5. The van der Waals surface area contributed by atoms with Gasteiger partial charge in [0.1, 0.15) is 0 Å². The smallest absolute Gasteiger partial charge is 0.269 e. The van der Waals surface area contributed by atoms with Gasteiger partial charge < -0.3 is 15.2 Å². The number of ether oxygens (including phenoxy) is 2. The summed E-state index contributed by atoms with van der Waals surface area (Å²) in [4.78, 5) is 12.1. The molecule has 0 bridgehead atoms. The molecule has 0 radical (unpaired) electrons. The Morgan fingerprint density at radius 3 is 2.45 bits per heavy atom. The highest BCUT2D eigenvalue weighted by atomic mass is 16.7. The lowest BCUT2D eigenvalue weighted by Gasteiger charge is -2.11. The summed E-state index contributed by atoms with van der Waals surface area (Å²) < 4.78 is 10.4. The predicted molar refractivity (Wildman–Crippen MR) is 83.1 cm³/mol. The SMILES string of the molecule is C=C(NNC(=O)c1ccc2c(c1)OCO2)c1ccc(N)cc1. The van der Waals surface area contributed by atoms with Gasteiger partial charge in [0.25, 0.3) is 5.91 Å². The van der Waals surface area contributed by atoms with Crippen molar-refractivity contribution in [1.29, 1.82) is 0 Å². The van der Waals surface area contributed by atoms with Crippen LogP contribution in [0.4, 0.5) is 5.69 Å². The van der Waals surface area contributed by atoms with E-state index in [1.54, 1.807) is 30.3 Å². The lowest BCUT2D eigenvalue weighted by molar-refractivity contribution is 0.0942. The molecular formula is C16H15N3O3. The number of nitrogen functional groups attached to an aromatic ring is 1. The van der Waals surface area contributed by atoms with E-state index in [0.29, 0.717) is 28.4 Å². The highest BCUT2D eigenvalue weighted by molar-refractivity contribution is 5.95. The number of carbonyl (C=O) groups excluding carboxylic acids is 1. The van der Waals surface area contributed by atoms with Gasteiger partial charge in [-0.15, -0.1) is 0 Å². The number of nitrogens with one attached hydrogen (secondary N) is 2. The third-order valence-electron chi connectivity index (χ3n) is 3.22. The molecule has 1 heterocycles. The Bertz CT molecular complexity index is 726. The fraction of sp³-hybridized carbons (Fsp3) is 0.0625. The summed E-state index contributed by atoms with van der Waals surface area (Å²) in [5, 5.41) is 0. The maximum absolute atomic E-state index is 12.1. The largest absolute Gasteiger partial charge is 0.454 e. The van der Waals surface area contributed by atoms with Gasteiger partial charge >= 0.3 is 0 Å². The average Bonchev–Trinajstić information content (AvgIpc) is 3.00. The Hall–Kier alpha value is -3.15. The van der Waals surface area contributed by atoms with Crippen LogP contribution >= 0.6 is 0 Å². The number of carbonyl (C=O) groups is 1. The number of fused-ring (bicyclic) bond motifs is 1. The summed E-state index contributed by atoms with van der Waals surface area (Å²) in [7, 11) is 0. The summed E-state index contributed by atoms with van der Waals surface area (Å²) in [6.45, 7) is 4.04. The van der Waals surface area contributed by atoms with Crippen molar-refractivity contribution >= 4 is 17.3 Å². The van der Waals surface area contributed by atoms with Gasteiger partial charge in [0, 0.05) is 11.3 Å². The Morgan fingerprint density at radius 2 is 1.68 bits per heavy atom. The van der Waals surface area contributed by atoms with Gasteiger partial charge in [-0.05, 0) is 35.9 Å². The summed E-state index contributed by atoms with van der Waals surface area (Å²) >= 11 is 0. The Morgan fingerprint density at radius 1 is 1.00 bits per heavy atom. The van der Waals surface area contributed by atoms with Crippen molar-refractivity contribution in [2.75, 3.05) is 12.5 Å². The van der Waals surface area contributed by atoms with Crippen LogP contribution in [0.3, 0.4) is 0 Å². The van der Waals surface area contributed by atoms with Gasteiger partial charge in [-0.25, -0.2) is 0 Å². The molecule has 0 unspecified atom stereocenters. The maximum atomic E-state index is 12.1. The van der Waals surface area contributed by atoms with Gasteiger partial charge in [0.05, 0.1) is 5.70 Å². The number of nitrogens with two attached hydrogens (primary N) is 1. The van der Waals surface area contributed by atoms with Crippen LogP contribution in [0.1, 0.15) is 15.9 Å². The molecule has 112 valence electrons. The molecule has 2 aromatic carbocycles. The third-order valence-corrected chi connectivity index (χ3v) is 3.22. The monoisotopic (exact) mass is 297 g/mol. The van der Waals surface area contributed by atoms with Crippen molar-refractivity contribution in [1.82, 2.24) is 10.9 Å². The van der Waals surface area contributed by atoms with E-state index in [1.165, 1.54) is 0 Å². The van der Waals surface area contributed by atoms with Crippen molar-refractivity contribution in [2.45, 2.75) is 0 Å². The topological polar surface area (TPSA) is 85.6 Å². The highest BCUT2D eigenvalue weighted by Crippen LogP contribution is 2.32. The van der Waals surface area contributed by atoms with Crippen molar-refractivity contribution in [3.63, 3.8) is 0 Å². The minimum absolute atomic E-state index is 0.173. The second-order valence-corrected chi connectivity index (χ2v) is 4.75. The molecule has 2 aromatic rings. The molecule has 1 aliphatic heterocycles. The van der Waals surface area contributed by atoms with Crippen molar-refractivity contribution in [3.8, 4) is 11.5 Å². The molecule has 22 heavy (non-hydrogen) atoms. The summed E-state index contributed by atoms with van der Waals surface area (Å²) in [5.74, 6) is 0.899. The lowest BCUT2D eigenvalue weighted by Crippen LogP contribution is -2.35. The number of benzene rings is 2. The summed E-state index contributed by atoms with van der Waals surface area (Å²) in [6.07, 6.45) is 0. The quantitative estimate of drug-likeness (QED) is 0.593. The van der Waals surface area contributed by atoms with Gasteiger partial charge in [-0.2, -0.15) is 0 Å². The molecule has 0 fully saturated rings. The molecule has 1 aliphatic rings. The molecule has 6 nitrogen and oxygen atoms in total. The first-order chi connectivity index (χ1) is 10.6. The lowest BCUT2D eigenvalue weighted by atomic mass is 10.1. The molecule has 0 saturated heterocycles. The van der Waals surface area contributed by atoms with Crippen LogP contribution in [-0.2, 0) is 0 Å². The number of hydrazine groups is 1. The molecule has 0 aromatic heterocycles. The zero-order valence-electron chi connectivity index (χ0n) is 11.8. The Balaban J connectivity index is 1.62. The fourth-order valence-electron chi connectivity index (χ4n) is 2.00. The fourth-order valence-corrected chi connectivity index (χ4v) is 2.00. The molecule has 3 rings (SSSR count). The zero-order valence-corrected chi connectivity index (χ0v) is 11.8. The molecule has 4 N–H and O–H groups in total. The molecule has 0 saturated carbocycles. The molecular weight excluding hydrogens is 282 g/mol. The van der Waals surface area contributed by atoms with Crippen LogP contribution in [0, 0.1) is 0 Å². The van der Waals surface area contributed by atoms with E-state index in [4.69, 9.17) is 15.2 Å². The maximum Gasteiger partial charge on any atom is 0.269 e. The molecule has 0 spiro atoms. The molecule has 6 heteroatoms. The highest BCUT2D eigenvalue weighted by Gasteiger charge is 2.16. The molecule has 0 atom stereocenters. The standard InChI is InChI=1S/C16H15N3O3/c1-10(11-2-5-13(17)6-3-11)18-19-16(20)12-4-7-14-15(8-12)22-9-21-14/h2-8,18H,1,9,17H2,(H,19,20). The van der Waals surface area contributed by atoms with Crippen LogP contribution in [0.5, 0.6) is 11.5 Å². The third kappa shape index (κ3) is 2.80. The summed E-state index contributed by atoms with van der Waals surface area (Å²) in [6, 6.07) is 12.2. The van der Waals surface area contributed by atoms with Crippen molar-refractivity contribution < 1.29 is 14.3 Å². The minimum Gasteiger partial charge on any atom is -0.454 e. The minimum atomic E-state index is -0.296. The van der Waals surface area contributed by atoms with Gasteiger partial charge in [0.2, 0.25) is 6.79 Å². The van der Waals surface area contributed by atoms with E-state index in [0.717, 1.165) is 5.56 Å². The number of amides is 1. The zero-order chi connectivity index (χ0) is 15.5. The van der Waals surface area contributed by atoms with Gasteiger partial charge in [-0.3, -0.25) is 15.6 Å². The predicted octanol–water partition coefficient (Wildman–Crippen LogP) is 1.90. The van der Waals surface area contributed by atoms with Crippen molar-refractivity contribution in [3.05, 3.63) is 60.2 Å². The van der Waals surface area contributed by atoms with Crippen LogP contribution in [0.25, 0.3) is 5.70 Å². The van der Waals surface area contributed by atoms with Crippen LogP contribution in [-0.4, -0.2) is 12.7 Å². The second kappa shape index (κ2) is 5.69. The molecule has 1 amide bonds. The van der Waals surface area contributed by atoms with Crippen LogP contribution < -0.4 is 26.1 Å². The first kappa shape index (κ1) is 13.8. The number of hydrogen-bond donors (Lipinski definition) is 3. The van der Waals surface area contributed by atoms with E-state index in [-0.39, 0.29) is 12.7 Å². The van der Waals surface area contributed by atoms with E-state index < -0.39 is 0 Å². The average molecular weight is 297 g/mol. The van der Waals surface area contributed by atoms with Crippen LogP contribution in [0.2, 0.25) is 0 Å². The number of rotatable bonds is 4. The van der Waals surface area contributed by atoms with E-state index in [2.05, 4.69) is 17.4 Å². The second-order valence-electron chi connectivity index (χ2n) is 4.75. The number of anilines is 1. The van der Waals surface area contributed by atoms with E-state index in [1.807, 2.05) is 12.1 Å². The van der Waals surface area contributed by atoms with E-state index >= 15 is 0 Å². The normalized spacial score (nSPS) is 11.8. The van der Waals surface area contributed by atoms with E-state index in [9.17, 15) is 4.79 Å². The van der Waals surface area contributed by atoms with Gasteiger partial charge in [-0.1, -0.05) is 18.7 Å². The molecule has 0 aliphatic carbocycles. The van der Waals surface area contributed by atoms with Gasteiger partial charge in [0.15, 0.2) is 11.5 Å². The van der Waals surface area contributed by atoms with Crippen LogP contribution in [0.15, 0.2) is 49.0 Å². The first-order valence-corrected chi connectivity index (χ1v) is 6.64. The van der Waals surface area contributed by atoms with Crippen molar-refractivity contribution in [2.24, 2.45) is 0 Å². The number of hydrogen-bond acceptors (Lipinski definition) is 5.